The van der Waals surface area contributed by atoms with Crippen molar-refractivity contribution in [3.8, 4) is 17.0 Å². The van der Waals surface area contributed by atoms with Crippen molar-refractivity contribution in [3.63, 3.8) is 0 Å². The zero-order chi connectivity index (χ0) is 16.7. The van der Waals surface area contributed by atoms with Gasteiger partial charge in [0.25, 0.3) is 0 Å². The Morgan fingerprint density at radius 1 is 1.35 bits per heavy atom. The van der Waals surface area contributed by atoms with E-state index in [2.05, 4.69) is 24.1 Å². The van der Waals surface area contributed by atoms with Crippen LogP contribution in [-0.2, 0) is 4.79 Å². The second-order valence-corrected chi connectivity index (χ2v) is 6.54. The predicted molar refractivity (Wildman–Crippen MR) is 94.8 cm³/mol. The summed E-state index contributed by atoms with van der Waals surface area (Å²) < 4.78 is 5.71. The number of nitrogens with two attached hydrogens (primary N) is 1. The Morgan fingerprint density at radius 3 is 2.74 bits per heavy atom. The number of carbonyl (C=O) groups excluding carboxylic acids is 1. The molecule has 23 heavy (non-hydrogen) atoms. The van der Waals surface area contributed by atoms with E-state index in [1.807, 2.05) is 29.6 Å². The Labute approximate surface area is 140 Å². The average molecular weight is 333 g/mol. The molecule has 124 valence electrons. The summed E-state index contributed by atoms with van der Waals surface area (Å²) in [7, 11) is 0. The van der Waals surface area contributed by atoms with Gasteiger partial charge in [0.15, 0.2) is 5.13 Å². The number of hydrogen-bond acceptors (Lipinski definition) is 5. The first kappa shape index (κ1) is 17.4. The molecule has 1 amide bonds. The summed E-state index contributed by atoms with van der Waals surface area (Å²) in [5.41, 5.74) is 7.19. The second kappa shape index (κ2) is 8.64. The van der Waals surface area contributed by atoms with Gasteiger partial charge < -0.3 is 15.8 Å². The fraction of sp³-hybridized carbons (Fsp3) is 0.412. The maximum absolute atomic E-state index is 11.5. The van der Waals surface area contributed by atoms with Crippen molar-refractivity contribution in [3.05, 3.63) is 29.6 Å². The first-order chi connectivity index (χ1) is 11.1. The standard InChI is InChI=1S/C17H23N3O2S/c1-12(2)8-10-22-14-5-3-13(4-6-14)15-11-23-17(19-15)20-16(21)7-9-18/h3-6,11-12H,7-10,18H2,1-2H3,(H,19,20,21). The molecule has 1 aromatic heterocycles. The van der Waals surface area contributed by atoms with E-state index in [1.54, 1.807) is 0 Å². The number of anilines is 1. The number of benzene rings is 1. The molecule has 2 rings (SSSR count). The number of ether oxygens (including phenoxy) is 1. The molecule has 6 heteroatoms. The lowest BCUT2D eigenvalue weighted by molar-refractivity contribution is -0.116. The maximum atomic E-state index is 11.5. The van der Waals surface area contributed by atoms with E-state index in [9.17, 15) is 4.79 Å². The molecule has 0 atom stereocenters. The van der Waals surface area contributed by atoms with Crippen LogP contribution in [0.15, 0.2) is 29.6 Å². The molecule has 0 saturated carbocycles. The zero-order valence-electron chi connectivity index (χ0n) is 13.5. The van der Waals surface area contributed by atoms with E-state index in [1.165, 1.54) is 11.3 Å². The van der Waals surface area contributed by atoms with E-state index in [-0.39, 0.29) is 5.91 Å². The maximum Gasteiger partial charge on any atom is 0.227 e. The lowest BCUT2D eigenvalue weighted by Gasteiger charge is -2.08. The fourth-order valence-electron chi connectivity index (χ4n) is 1.91. The molecule has 0 bridgehead atoms. The molecule has 0 saturated heterocycles. The smallest absolute Gasteiger partial charge is 0.227 e. The minimum absolute atomic E-state index is 0.109. The van der Waals surface area contributed by atoms with Crippen LogP contribution < -0.4 is 15.8 Å². The predicted octanol–water partition coefficient (Wildman–Crippen LogP) is 3.52. The minimum Gasteiger partial charge on any atom is -0.494 e. The summed E-state index contributed by atoms with van der Waals surface area (Å²) in [6.07, 6.45) is 1.34. The third-order valence-electron chi connectivity index (χ3n) is 3.24. The van der Waals surface area contributed by atoms with Gasteiger partial charge in [-0.25, -0.2) is 4.98 Å². The first-order valence-electron chi connectivity index (χ1n) is 7.77. The van der Waals surface area contributed by atoms with Crippen molar-refractivity contribution in [2.75, 3.05) is 18.5 Å². The summed E-state index contributed by atoms with van der Waals surface area (Å²) in [6, 6.07) is 7.85. The van der Waals surface area contributed by atoms with Crippen molar-refractivity contribution < 1.29 is 9.53 Å². The Bertz CT molecular complexity index is 623. The zero-order valence-corrected chi connectivity index (χ0v) is 14.4. The number of thiazole rings is 1. The van der Waals surface area contributed by atoms with Gasteiger partial charge in [0.05, 0.1) is 12.3 Å². The molecule has 0 spiro atoms. The number of rotatable bonds is 8. The summed E-state index contributed by atoms with van der Waals surface area (Å²) in [6.45, 7) is 5.42. The van der Waals surface area contributed by atoms with Gasteiger partial charge in [-0.3, -0.25) is 4.79 Å². The monoisotopic (exact) mass is 333 g/mol. The summed E-state index contributed by atoms with van der Waals surface area (Å²) in [5.74, 6) is 1.39. The quantitative estimate of drug-likeness (QED) is 0.775. The molecule has 3 N–H and O–H groups in total. The van der Waals surface area contributed by atoms with Crippen LogP contribution >= 0.6 is 11.3 Å². The van der Waals surface area contributed by atoms with E-state index in [4.69, 9.17) is 10.5 Å². The van der Waals surface area contributed by atoms with E-state index >= 15 is 0 Å². The number of carbonyl (C=O) groups is 1. The Kier molecular flexibility index (Phi) is 6.55. The van der Waals surface area contributed by atoms with E-state index < -0.39 is 0 Å². The molecular weight excluding hydrogens is 310 g/mol. The molecule has 1 heterocycles. The highest BCUT2D eigenvalue weighted by Gasteiger charge is 2.08. The van der Waals surface area contributed by atoms with Crippen LogP contribution in [0.25, 0.3) is 11.3 Å². The van der Waals surface area contributed by atoms with Gasteiger partial charge >= 0.3 is 0 Å². The molecule has 2 aromatic rings. The van der Waals surface area contributed by atoms with Crippen molar-refractivity contribution in [2.24, 2.45) is 11.7 Å². The molecule has 0 fully saturated rings. The SMILES string of the molecule is CC(C)CCOc1ccc(-c2csc(NC(=O)CCN)n2)cc1. The highest BCUT2D eigenvalue weighted by molar-refractivity contribution is 7.14. The molecule has 0 radical (unpaired) electrons. The summed E-state index contributed by atoms with van der Waals surface area (Å²) in [4.78, 5) is 15.9. The normalized spacial score (nSPS) is 10.8. The van der Waals surface area contributed by atoms with Crippen LogP contribution in [0.2, 0.25) is 0 Å². The topological polar surface area (TPSA) is 77.2 Å². The minimum atomic E-state index is -0.109. The van der Waals surface area contributed by atoms with Gasteiger partial charge in [-0.05, 0) is 36.6 Å². The van der Waals surface area contributed by atoms with Crippen LogP contribution in [0.3, 0.4) is 0 Å². The highest BCUT2D eigenvalue weighted by Crippen LogP contribution is 2.26. The Hall–Kier alpha value is -1.92. The van der Waals surface area contributed by atoms with Crippen LogP contribution in [0.1, 0.15) is 26.7 Å². The summed E-state index contributed by atoms with van der Waals surface area (Å²) >= 11 is 1.40. The van der Waals surface area contributed by atoms with Gasteiger partial charge in [0.2, 0.25) is 5.91 Å². The van der Waals surface area contributed by atoms with Crippen LogP contribution in [-0.4, -0.2) is 24.0 Å². The fourth-order valence-corrected chi connectivity index (χ4v) is 2.65. The Morgan fingerprint density at radius 2 is 2.09 bits per heavy atom. The number of nitrogens with one attached hydrogen (secondary N) is 1. The molecule has 0 aliphatic rings. The number of aromatic nitrogens is 1. The highest BCUT2D eigenvalue weighted by atomic mass is 32.1. The largest absolute Gasteiger partial charge is 0.494 e. The van der Waals surface area contributed by atoms with Crippen LogP contribution in [0, 0.1) is 5.92 Å². The second-order valence-electron chi connectivity index (χ2n) is 5.68. The van der Waals surface area contributed by atoms with Crippen molar-refractivity contribution in [1.29, 1.82) is 0 Å². The third-order valence-corrected chi connectivity index (χ3v) is 3.99. The molecule has 0 aliphatic carbocycles. The number of hydrogen-bond donors (Lipinski definition) is 2. The summed E-state index contributed by atoms with van der Waals surface area (Å²) in [5, 5.41) is 5.26. The van der Waals surface area contributed by atoms with Gasteiger partial charge in [0, 0.05) is 23.9 Å². The first-order valence-corrected chi connectivity index (χ1v) is 8.65. The van der Waals surface area contributed by atoms with E-state index in [0.717, 1.165) is 30.0 Å². The molecule has 0 unspecified atom stereocenters. The molecular formula is C17H23N3O2S. The van der Waals surface area contributed by atoms with E-state index in [0.29, 0.717) is 24.0 Å². The van der Waals surface area contributed by atoms with Crippen molar-refractivity contribution in [2.45, 2.75) is 26.7 Å². The van der Waals surface area contributed by atoms with Gasteiger partial charge in [0.1, 0.15) is 5.75 Å². The van der Waals surface area contributed by atoms with Crippen molar-refractivity contribution >= 4 is 22.4 Å². The lowest BCUT2D eigenvalue weighted by Crippen LogP contribution is -2.15. The average Bonchev–Trinajstić information content (AvgIpc) is 2.96. The number of nitrogens with zero attached hydrogens (tertiary/aromatic N) is 1. The molecule has 1 aromatic carbocycles. The molecule has 5 nitrogen and oxygen atoms in total. The lowest BCUT2D eigenvalue weighted by atomic mass is 10.1. The van der Waals surface area contributed by atoms with Gasteiger partial charge in [-0.2, -0.15) is 0 Å². The third kappa shape index (κ3) is 5.65. The van der Waals surface area contributed by atoms with Gasteiger partial charge in [-0.1, -0.05) is 13.8 Å². The molecule has 0 aliphatic heterocycles. The van der Waals surface area contributed by atoms with Crippen LogP contribution in [0.4, 0.5) is 5.13 Å². The Balaban J connectivity index is 1.94. The van der Waals surface area contributed by atoms with Crippen LogP contribution in [0.5, 0.6) is 5.75 Å². The number of amides is 1. The van der Waals surface area contributed by atoms with Crippen molar-refractivity contribution in [1.82, 2.24) is 4.98 Å². The van der Waals surface area contributed by atoms with Gasteiger partial charge in [-0.15, -0.1) is 11.3 Å².